The van der Waals surface area contributed by atoms with Gasteiger partial charge in [0, 0.05) is 0 Å². The van der Waals surface area contributed by atoms with Crippen molar-refractivity contribution in [2.45, 2.75) is 13.2 Å². The van der Waals surface area contributed by atoms with Gasteiger partial charge in [-0.2, -0.15) is 4.98 Å². The Labute approximate surface area is 142 Å². The van der Waals surface area contributed by atoms with Crippen molar-refractivity contribution in [3.63, 3.8) is 0 Å². The zero-order chi connectivity index (χ0) is 16.8. The molecule has 0 fully saturated rings. The van der Waals surface area contributed by atoms with Gasteiger partial charge in [0.15, 0.2) is 6.61 Å². The number of hydrogen-bond donors (Lipinski definition) is 1. The first kappa shape index (κ1) is 16.0. The van der Waals surface area contributed by atoms with Crippen LogP contribution < -0.4 is 14.8 Å². The molecule has 2 aromatic heterocycles. The van der Waals surface area contributed by atoms with E-state index in [2.05, 4.69) is 15.5 Å². The maximum absolute atomic E-state index is 11.8. The second-order valence-corrected chi connectivity index (χ2v) is 5.68. The highest BCUT2D eigenvalue weighted by Crippen LogP contribution is 2.17. The van der Waals surface area contributed by atoms with Crippen LogP contribution in [0.2, 0.25) is 0 Å². The number of carbonyl (C=O) groups excluding carboxylic acids is 1. The summed E-state index contributed by atoms with van der Waals surface area (Å²) in [5.41, 5.74) is 0. The molecular formula is C16H15N3O4S. The van der Waals surface area contributed by atoms with Crippen molar-refractivity contribution in [3.8, 4) is 11.5 Å². The van der Waals surface area contributed by atoms with E-state index in [1.807, 2.05) is 11.4 Å². The minimum Gasteiger partial charge on any atom is -0.497 e. The third-order valence-electron chi connectivity index (χ3n) is 3.08. The van der Waals surface area contributed by atoms with Crippen LogP contribution >= 0.6 is 11.3 Å². The fraction of sp³-hybridized carbons (Fsp3) is 0.188. The van der Waals surface area contributed by atoms with Gasteiger partial charge >= 0.3 is 0 Å². The zero-order valence-corrected chi connectivity index (χ0v) is 13.7. The van der Waals surface area contributed by atoms with Gasteiger partial charge in [0.2, 0.25) is 11.7 Å². The minimum absolute atomic E-state index is 0.167. The Morgan fingerprint density at radius 3 is 2.75 bits per heavy atom. The molecule has 0 bridgehead atoms. The van der Waals surface area contributed by atoms with Crippen molar-refractivity contribution < 1.29 is 18.8 Å². The molecule has 2 heterocycles. The van der Waals surface area contributed by atoms with E-state index in [-0.39, 0.29) is 19.1 Å². The van der Waals surface area contributed by atoms with Crippen LogP contribution in [0.1, 0.15) is 21.4 Å². The monoisotopic (exact) mass is 345 g/mol. The van der Waals surface area contributed by atoms with Crippen molar-refractivity contribution in [1.82, 2.24) is 15.5 Å². The third-order valence-corrected chi connectivity index (χ3v) is 3.95. The first-order valence-electron chi connectivity index (χ1n) is 7.14. The van der Waals surface area contributed by atoms with E-state index in [1.54, 1.807) is 37.4 Å². The van der Waals surface area contributed by atoms with E-state index >= 15 is 0 Å². The first-order valence-corrected chi connectivity index (χ1v) is 8.02. The summed E-state index contributed by atoms with van der Waals surface area (Å²) in [7, 11) is 1.61. The molecule has 1 N–H and O–H groups in total. The predicted molar refractivity (Wildman–Crippen MR) is 87.1 cm³/mol. The van der Waals surface area contributed by atoms with Crippen LogP contribution in [-0.2, 0) is 13.2 Å². The highest BCUT2D eigenvalue weighted by molar-refractivity contribution is 7.12. The van der Waals surface area contributed by atoms with Crippen LogP contribution in [0.5, 0.6) is 11.5 Å². The fourth-order valence-corrected chi connectivity index (χ4v) is 2.53. The van der Waals surface area contributed by atoms with Crippen LogP contribution in [0, 0.1) is 0 Å². The van der Waals surface area contributed by atoms with Gasteiger partial charge in [-0.25, -0.2) is 0 Å². The number of rotatable bonds is 7. The lowest BCUT2D eigenvalue weighted by molar-refractivity contribution is 0.0950. The second-order valence-electron chi connectivity index (χ2n) is 4.73. The van der Waals surface area contributed by atoms with Gasteiger partial charge in [-0.05, 0) is 35.7 Å². The maximum Gasteiger partial charge on any atom is 0.261 e. The first-order chi connectivity index (χ1) is 11.7. The molecule has 0 atom stereocenters. The van der Waals surface area contributed by atoms with E-state index < -0.39 is 0 Å². The molecule has 0 aliphatic heterocycles. The number of thiophene rings is 1. The van der Waals surface area contributed by atoms with Crippen LogP contribution in [0.3, 0.4) is 0 Å². The predicted octanol–water partition coefficient (Wildman–Crippen LogP) is 2.65. The van der Waals surface area contributed by atoms with E-state index in [1.165, 1.54) is 11.3 Å². The van der Waals surface area contributed by atoms with Gasteiger partial charge < -0.3 is 19.3 Å². The Hall–Kier alpha value is -2.87. The Morgan fingerprint density at radius 1 is 1.25 bits per heavy atom. The van der Waals surface area contributed by atoms with Crippen LogP contribution in [0.25, 0.3) is 0 Å². The van der Waals surface area contributed by atoms with Crippen LogP contribution in [0.15, 0.2) is 46.3 Å². The summed E-state index contributed by atoms with van der Waals surface area (Å²) < 4.78 is 15.7. The quantitative estimate of drug-likeness (QED) is 0.708. The number of amides is 1. The third kappa shape index (κ3) is 4.11. The number of nitrogens with one attached hydrogen (secondary N) is 1. The molecule has 0 radical (unpaired) electrons. The average molecular weight is 345 g/mol. The van der Waals surface area contributed by atoms with Crippen molar-refractivity contribution in [2.24, 2.45) is 0 Å². The Balaban J connectivity index is 1.49. The Morgan fingerprint density at radius 2 is 2.04 bits per heavy atom. The second kappa shape index (κ2) is 7.60. The van der Waals surface area contributed by atoms with Crippen LogP contribution in [-0.4, -0.2) is 23.2 Å². The number of benzene rings is 1. The zero-order valence-electron chi connectivity index (χ0n) is 12.9. The largest absolute Gasteiger partial charge is 0.497 e. The van der Waals surface area contributed by atoms with E-state index in [4.69, 9.17) is 14.0 Å². The molecule has 0 saturated heterocycles. The highest BCUT2D eigenvalue weighted by Gasteiger charge is 2.10. The number of carbonyl (C=O) groups is 1. The van der Waals surface area contributed by atoms with Crippen molar-refractivity contribution in [3.05, 3.63) is 58.4 Å². The van der Waals surface area contributed by atoms with E-state index in [0.717, 1.165) is 5.75 Å². The van der Waals surface area contributed by atoms with Gasteiger partial charge in [-0.3, -0.25) is 4.79 Å². The van der Waals surface area contributed by atoms with Gasteiger partial charge in [-0.1, -0.05) is 11.2 Å². The molecule has 0 unspecified atom stereocenters. The smallest absolute Gasteiger partial charge is 0.261 e. The molecule has 0 spiro atoms. The van der Waals surface area contributed by atoms with Crippen molar-refractivity contribution >= 4 is 17.2 Å². The molecule has 3 rings (SSSR count). The molecular weight excluding hydrogens is 330 g/mol. The normalized spacial score (nSPS) is 10.4. The number of hydrogen-bond acceptors (Lipinski definition) is 7. The molecule has 1 amide bonds. The summed E-state index contributed by atoms with van der Waals surface area (Å²) in [6.07, 6.45) is 0. The summed E-state index contributed by atoms with van der Waals surface area (Å²) >= 11 is 1.37. The SMILES string of the molecule is COc1ccc(OCc2noc(CNC(=O)c3cccs3)n2)cc1. The molecule has 0 saturated carbocycles. The molecule has 0 aliphatic rings. The lowest BCUT2D eigenvalue weighted by Gasteiger charge is -2.04. The number of aromatic nitrogens is 2. The number of methoxy groups -OCH3 is 1. The molecule has 3 aromatic rings. The Kier molecular flexibility index (Phi) is 5.07. The molecule has 0 aliphatic carbocycles. The molecule has 124 valence electrons. The average Bonchev–Trinajstić information content (AvgIpc) is 3.30. The molecule has 8 heteroatoms. The van der Waals surface area contributed by atoms with Gasteiger partial charge in [-0.15, -0.1) is 11.3 Å². The summed E-state index contributed by atoms with van der Waals surface area (Å²) in [4.78, 5) is 16.6. The van der Waals surface area contributed by atoms with Crippen molar-refractivity contribution in [2.75, 3.05) is 7.11 Å². The molecule has 24 heavy (non-hydrogen) atoms. The van der Waals surface area contributed by atoms with Gasteiger partial charge in [0.05, 0.1) is 18.5 Å². The number of ether oxygens (including phenoxy) is 2. The standard InChI is InChI=1S/C16H15N3O4S/c1-21-11-4-6-12(7-5-11)22-10-14-18-15(23-19-14)9-17-16(20)13-3-2-8-24-13/h2-8H,9-10H2,1H3,(H,17,20). The maximum atomic E-state index is 11.8. The molecule has 1 aromatic carbocycles. The number of nitrogens with zero attached hydrogens (tertiary/aromatic N) is 2. The topological polar surface area (TPSA) is 86.5 Å². The lowest BCUT2D eigenvalue weighted by atomic mass is 10.3. The molecule has 7 nitrogen and oxygen atoms in total. The Bertz CT molecular complexity index is 784. The van der Waals surface area contributed by atoms with Crippen LogP contribution in [0.4, 0.5) is 0 Å². The summed E-state index contributed by atoms with van der Waals surface area (Å²) in [6.45, 7) is 0.348. The van der Waals surface area contributed by atoms with E-state index in [0.29, 0.717) is 22.3 Å². The fourth-order valence-electron chi connectivity index (χ4n) is 1.89. The summed E-state index contributed by atoms with van der Waals surface area (Å²) in [5, 5.41) is 8.39. The van der Waals surface area contributed by atoms with E-state index in [9.17, 15) is 4.79 Å². The van der Waals surface area contributed by atoms with Gasteiger partial charge in [0.25, 0.3) is 5.91 Å². The van der Waals surface area contributed by atoms with Gasteiger partial charge in [0.1, 0.15) is 11.5 Å². The lowest BCUT2D eigenvalue weighted by Crippen LogP contribution is -2.21. The minimum atomic E-state index is -0.167. The summed E-state index contributed by atoms with van der Waals surface area (Å²) in [5.74, 6) is 2.00. The summed E-state index contributed by atoms with van der Waals surface area (Å²) in [6, 6.07) is 10.8. The highest BCUT2D eigenvalue weighted by atomic mass is 32.1. The van der Waals surface area contributed by atoms with Crippen molar-refractivity contribution in [1.29, 1.82) is 0 Å².